The topological polar surface area (TPSA) is 68.5 Å². The maximum absolute atomic E-state index is 13.3. The zero-order valence-corrected chi connectivity index (χ0v) is 17.9. The number of aryl methyl sites for hydroxylation is 1. The number of methoxy groups -OCH3 is 1. The van der Waals surface area contributed by atoms with Crippen molar-refractivity contribution < 1.29 is 13.9 Å². The highest BCUT2D eigenvalue weighted by atomic mass is 32.2. The lowest BCUT2D eigenvalue weighted by atomic mass is 10.1. The lowest BCUT2D eigenvalue weighted by molar-refractivity contribution is -0.118. The van der Waals surface area contributed by atoms with E-state index in [4.69, 9.17) is 4.74 Å². The SMILES string of the molecule is COc1ccccc1CNC(=O)CSc1cc(C)nc2c(-c3ccc(F)cc3)cnn12. The van der Waals surface area contributed by atoms with Gasteiger partial charge in [-0.15, -0.1) is 0 Å². The van der Waals surface area contributed by atoms with Crippen molar-refractivity contribution in [2.45, 2.75) is 18.5 Å². The highest BCUT2D eigenvalue weighted by Gasteiger charge is 2.14. The first-order valence-electron chi connectivity index (χ1n) is 9.68. The number of para-hydroxylation sites is 1. The molecule has 6 nitrogen and oxygen atoms in total. The molecule has 0 saturated heterocycles. The number of rotatable bonds is 7. The second-order valence-corrected chi connectivity index (χ2v) is 7.91. The van der Waals surface area contributed by atoms with Crippen molar-refractivity contribution >= 4 is 23.3 Å². The van der Waals surface area contributed by atoms with Crippen molar-refractivity contribution in [2.24, 2.45) is 0 Å². The monoisotopic (exact) mass is 436 g/mol. The van der Waals surface area contributed by atoms with Gasteiger partial charge in [0.2, 0.25) is 5.91 Å². The minimum atomic E-state index is -0.292. The van der Waals surface area contributed by atoms with E-state index in [0.717, 1.165) is 33.2 Å². The van der Waals surface area contributed by atoms with Crippen molar-refractivity contribution in [3.8, 4) is 16.9 Å². The highest BCUT2D eigenvalue weighted by Crippen LogP contribution is 2.27. The third-order valence-corrected chi connectivity index (χ3v) is 5.74. The molecule has 0 aliphatic carbocycles. The van der Waals surface area contributed by atoms with Gasteiger partial charge in [0, 0.05) is 23.4 Å². The summed E-state index contributed by atoms with van der Waals surface area (Å²) >= 11 is 1.39. The quantitative estimate of drug-likeness (QED) is 0.346. The largest absolute Gasteiger partial charge is 0.496 e. The van der Waals surface area contributed by atoms with E-state index in [0.29, 0.717) is 12.2 Å². The first-order valence-corrected chi connectivity index (χ1v) is 10.7. The van der Waals surface area contributed by atoms with Crippen LogP contribution in [0.4, 0.5) is 4.39 Å². The van der Waals surface area contributed by atoms with Crippen LogP contribution in [-0.4, -0.2) is 33.4 Å². The molecule has 2 aromatic heterocycles. The Morgan fingerprint density at radius 2 is 1.97 bits per heavy atom. The average Bonchev–Trinajstić information content (AvgIpc) is 3.20. The molecule has 2 heterocycles. The van der Waals surface area contributed by atoms with Gasteiger partial charge in [-0.3, -0.25) is 4.79 Å². The molecular formula is C23H21FN4O2S. The van der Waals surface area contributed by atoms with Crippen molar-refractivity contribution in [3.63, 3.8) is 0 Å². The van der Waals surface area contributed by atoms with Crippen LogP contribution in [0.15, 0.2) is 65.8 Å². The van der Waals surface area contributed by atoms with Gasteiger partial charge in [0.25, 0.3) is 0 Å². The molecule has 0 fully saturated rings. The Morgan fingerprint density at radius 1 is 1.19 bits per heavy atom. The molecule has 0 saturated carbocycles. The van der Waals surface area contributed by atoms with Crippen LogP contribution in [-0.2, 0) is 11.3 Å². The van der Waals surface area contributed by atoms with E-state index in [1.54, 1.807) is 30.0 Å². The third kappa shape index (κ3) is 4.69. The maximum atomic E-state index is 13.3. The van der Waals surface area contributed by atoms with E-state index in [1.807, 2.05) is 37.3 Å². The molecule has 0 aliphatic heterocycles. The zero-order valence-electron chi connectivity index (χ0n) is 17.1. The van der Waals surface area contributed by atoms with E-state index in [2.05, 4.69) is 15.4 Å². The molecule has 1 N–H and O–H groups in total. The van der Waals surface area contributed by atoms with Crippen LogP contribution in [0.2, 0.25) is 0 Å². The van der Waals surface area contributed by atoms with Gasteiger partial charge in [-0.25, -0.2) is 13.9 Å². The molecule has 0 unspecified atom stereocenters. The molecular weight excluding hydrogens is 415 g/mol. The summed E-state index contributed by atoms with van der Waals surface area (Å²) in [5.41, 5.74) is 4.05. The molecule has 4 aromatic rings. The predicted octanol–water partition coefficient (Wildman–Crippen LogP) is 4.26. The van der Waals surface area contributed by atoms with E-state index >= 15 is 0 Å². The summed E-state index contributed by atoms with van der Waals surface area (Å²) in [6, 6.07) is 15.7. The molecule has 4 rings (SSSR count). The van der Waals surface area contributed by atoms with Crippen LogP contribution in [0.1, 0.15) is 11.3 Å². The van der Waals surface area contributed by atoms with Gasteiger partial charge >= 0.3 is 0 Å². The Balaban J connectivity index is 1.48. The summed E-state index contributed by atoms with van der Waals surface area (Å²) in [6.45, 7) is 2.29. The number of carbonyl (C=O) groups excluding carboxylic acids is 1. The second-order valence-electron chi connectivity index (χ2n) is 6.91. The number of ether oxygens (including phenoxy) is 1. The van der Waals surface area contributed by atoms with Gasteiger partial charge < -0.3 is 10.1 Å². The zero-order chi connectivity index (χ0) is 21.8. The fourth-order valence-corrected chi connectivity index (χ4v) is 4.11. The van der Waals surface area contributed by atoms with Gasteiger partial charge in [-0.05, 0) is 36.8 Å². The number of halogens is 1. The molecule has 0 bridgehead atoms. The number of fused-ring (bicyclic) bond motifs is 1. The van der Waals surface area contributed by atoms with Crippen LogP contribution in [0.3, 0.4) is 0 Å². The molecule has 1 amide bonds. The lowest BCUT2D eigenvalue weighted by Crippen LogP contribution is -2.25. The summed E-state index contributed by atoms with van der Waals surface area (Å²) in [5, 5.41) is 8.18. The van der Waals surface area contributed by atoms with Gasteiger partial charge in [-0.2, -0.15) is 5.10 Å². The van der Waals surface area contributed by atoms with Crippen molar-refractivity contribution in [1.82, 2.24) is 19.9 Å². The summed E-state index contributed by atoms with van der Waals surface area (Å²) in [5.74, 6) is 0.593. The van der Waals surface area contributed by atoms with Crippen molar-refractivity contribution in [3.05, 3.63) is 77.9 Å². The number of hydrogen-bond acceptors (Lipinski definition) is 5. The van der Waals surface area contributed by atoms with Crippen LogP contribution in [0.25, 0.3) is 16.8 Å². The predicted molar refractivity (Wildman–Crippen MR) is 119 cm³/mol. The number of nitrogens with zero attached hydrogens (tertiary/aromatic N) is 3. The maximum Gasteiger partial charge on any atom is 0.230 e. The molecule has 0 atom stereocenters. The first-order chi connectivity index (χ1) is 15.0. The Bertz CT molecular complexity index is 1220. The van der Waals surface area contributed by atoms with Crippen LogP contribution in [0.5, 0.6) is 5.75 Å². The number of benzene rings is 2. The molecule has 158 valence electrons. The number of hydrogen-bond donors (Lipinski definition) is 1. The molecule has 31 heavy (non-hydrogen) atoms. The highest BCUT2D eigenvalue weighted by molar-refractivity contribution is 7.99. The Kier molecular flexibility index (Phi) is 6.18. The molecule has 0 spiro atoms. The fraction of sp³-hybridized carbons (Fsp3) is 0.174. The standard InChI is InChI=1S/C23H21FN4O2S/c1-15-11-22(31-14-21(29)25-12-17-5-3-4-6-20(17)30-2)28-23(27-15)19(13-26-28)16-7-9-18(24)10-8-16/h3-11,13H,12,14H2,1-2H3,(H,25,29). The van der Waals surface area contributed by atoms with Gasteiger partial charge in [-0.1, -0.05) is 42.1 Å². The normalized spacial score (nSPS) is 10.9. The van der Waals surface area contributed by atoms with Gasteiger partial charge in [0.1, 0.15) is 16.6 Å². The summed E-state index contributed by atoms with van der Waals surface area (Å²) in [6.07, 6.45) is 1.71. The minimum Gasteiger partial charge on any atom is -0.496 e. The number of nitrogens with one attached hydrogen (secondary N) is 1. The summed E-state index contributed by atoms with van der Waals surface area (Å²) < 4.78 is 20.3. The Labute approximate surface area is 183 Å². The first kappa shape index (κ1) is 20.9. The molecule has 0 aliphatic rings. The van der Waals surface area contributed by atoms with Gasteiger partial charge in [0.15, 0.2) is 5.65 Å². The lowest BCUT2D eigenvalue weighted by Gasteiger charge is -2.10. The summed E-state index contributed by atoms with van der Waals surface area (Å²) in [7, 11) is 1.61. The third-order valence-electron chi connectivity index (χ3n) is 4.74. The fourth-order valence-electron chi connectivity index (χ4n) is 3.22. The van der Waals surface area contributed by atoms with Crippen LogP contribution < -0.4 is 10.1 Å². The number of thioether (sulfide) groups is 1. The second kappa shape index (κ2) is 9.18. The molecule has 8 heteroatoms. The molecule has 2 aromatic carbocycles. The van der Waals surface area contributed by atoms with Crippen molar-refractivity contribution in [2.75, 3.05) is 12.9 Å². The van der Waals surface area contributed by atoms with Crippen LogP contribution in [0, 0.1) is 12.7 Å². The number of amides is 1. The smallest absolute Gasteiger partial charge is 0.230 e. The van der Waals surface area contributed by atoms with E-state index in [-0.39, 0.29) is 17.5 Å². The van der Waals surface area contributed by atoms with Gasteiger partial charge in [0.05, 0.1) is 19.1 Å². The van der Waals surface area contributed by atoms with E-state index in [9.17, 15) is 9.18 Å². The number of carbonyl (C=O) groups is 1. The van der Waals surface area contributed by atoms with E-state index < -0.39 is 0 Å². The number of aromatic nitrogens is 3. The Morgan fingerprint density at radius 3 is 2.74 bits per heavy atom. The molecule has 0 radical (unpaired) electrons. The summed E-state index contributed by atoms with van der Waals surface area (Å²) in [4.78, 5) is 17.0. The van der Waals surface area contributed by atoms with Crippen molar-refractivity contribution in [1.29, 1.82) is 0 Å². The average molecular weight is 437 g/mol. The van der Waals surface area contributed by atoms with E-state index in [1.165, 1.54) is 23.9 Å². The van der Waals surface area contributed by atoms with Crippen LogP contribution >= 0.6 is 11.8 Å². The minimum absolute atomic E-state index is 0.0931. The Hall–Kier alpha value is -3.39.